The van der Waals surface area contributed by atoms with Crippen LogP contribution in [0.1, 0.15) is 73.2 Å². The molecular formula is C24H34N2O2S2. The Morgan fingerprint density at radius 1 is 1.07 bits per heavy atom. The van der Waals surface area contributed by atoms with Gasteiger partial charge in [-0.3, -0.25) is 0 Å². The number of rotatable bonds is 12. The largest absolute Gasteiger partial charge is 0.465 e. The van der Waals surface area contributed by atoms with E-state index in [0.29, 0.717) is 10.7 Å². The number of benzene rings is 1. The van der Waals surface area contributed by atoms with Crippen LogP contribution in [0, 0.1) is 0 Å². The van der Waals surface area contributed by atoms with Gasteiger partial charge in [0.25, 0.3) is 0 Å². The number of thiophene rings is 1. The Kier molecular flexibility index (Phi) is 10.9. The quantitative estimate of drug-likeness (QED) is 0.229. The van der Waals surface area contributed by atoms with Crippen molar-refractivity contribution < 1.29 is 9.53 Å². The Hall–Kier alpha value is -1.92. The maximum atomic E-state index is 12.4. The number of methoxy groups -OCH3 is 1. The van der Waals surface area contributed by atoms with Crippen molar-refractivity contribution in [3.8, 4) is 0 Å². The van der Waals surface area contributed by atoms with Crippen LogP contribution in [-0.2, 0) is 11.2 Å². The molecule has 1 aromatic carbocycles. The minimum Gasteiger partial charge on any atom is -0.465 e. The number of unbranched alkanes of at least 4 members (excludes halogenated alkanes) is 4. The van der Waals surface area contributed by atoms with Gasteiger partial charge >= 0.3 is 5.97 Å². The molecule has 30 heavy (non-hydrogen) atoms. The molecule has 1 heterocycles. The number of hydrogen-bond acceptors (Lipinski definition) is 4. The zero-order valence-electron chi connectivity index (χ0n) is 18.4. The van der Waals surface area contributed by atoms with Crippen molar-refractivity contribution in [3.63, 3.8) is 0 Å². The fourth-order valence-corrected chi connectivity index (χ4v) is 4.70. The number of carbonyl (C=O) groups excluding carboxylic acids is 1. The first kappa shape index (κ1) is 24.4. The van der Waals surface area contributed by atoms with E-state index in [2.05, 4.69) is 36.2 Å². The number of anilines is 1. The van der Waals surface area contributed by atoms with Crippen LogP contribution in [0.25, 0.3) is 0 Å². The van der Waals surface area contributed by atoms with Crippen LogP contribution in [0.2, 0.25) is 0 Å². The average Bonchev–Trinajstić information content (AvgIpc) is 3.14. The van der Waals surface area contributed by atoms with Crippen LogP contribution in [0.3, 0.4) is 0 Å². The number of esters is 1. The molecule has 0 fully saturated rings. The monoisotopic (exact) mass is 446 g/mol. The fourth-order valence-electron chi connectivity index (χ4n) is 3.28. The number of nitrogens with one attached hydrogen (secondary N) is 1. The van der Waals surface area contributed by atoms with E-state index in [-0.39, 0.29) is 5.97 Å². The van der Waals surface area contributed by atoms with Gasteiger partial charge in [-0.1, -0.05) is 69.9 Å². The lowest BCUT2D eigenvalue weighted by Crippen LogP contribution is -2.36. The van der Waals surface area contributed by atoms with Gasteiger partial charge in [-0.05, 0) is 36.7 Å². The molecule has 4 nitrogen and oxygen atoms in total. The minimum absolute atomic E-state index is 0.334. The van der Waals surface area contributed by atoms with Crippen LogP contribution in [0.4, 0.5) is 5.00 Å². The third-order valence-electron chi connectivity index (χ3n) is 4.98. The smallest absolute Gasteiger partial charge is 0.340 e. The molecule has 2 rings (SSSR count). The predicted molar refractivity (Wildman–Crippen MR) is 132 cm³/mol. The van der Waals surface area contributed by atoms with Gasteiger partial charge in [-0.15, -0.1) is 11.3 Å². The van der Waals surface area contributed by atoms with E-state index in [9.17, 15) is 4.79 Å². The third kappa shape index (κ3) is 7.73. The first-order valence-corrected chi connectivity index (χ1v) is 12.1. The number of thiocarbonyl (C=S) groups is 1. The normalized spacial score (nSPS) is 10.6. The van der Waals surface area contributed by atoms with E-state index in [0.717, 1.165) is 42.2 Å². The van der Waals surface area contributed by atoms with Crippen molar-refractivity contribution in [1.82, 2.24) is 4.90 Å². The van der Waals surface area contributed by atoms with Crippen molar-refractivity contribution in [2.75, 3.05) is 25.5 Å². The first-order chi connectivity index (χ1) is 14.6. The highest BCUT2D eigenvalue weighted by Crippen LogP contribution is 2.31. The maximum Gasteiger partial charge on any atom is 0.340 e. The summed E-state index contributed by atoms with van der Waals surface area (Å²) in [6.07, 6.45) is 7.78. The third-order valence-corrected chi connectivity index (χ3v) is 6.39. The van der Waals surface area contributed by atoms with Gasteiger partial charge in [0.15, 0.2) is 5.11 Å². The Balaban J connectivity index is 2.15. The molecule has 0 saturated carbocycles. The molecule has 0 saturated heterocycles. The second-order valence-electron chi connectivity index (χ2n) is 7.44. The molecule has 1 N–H and O–H groups in total. The second-order valence-corrected chi connectivity index (χ2v) is 8.96. The molecule has 0 aliphatic rings. The maximum absolute atomic E-state index is 12.4. The van der Waals surface area contributed by atoms with Crippen LogP contribution in [-0.4, -0.2) is 36.2 Å². The predicted octanol–water partition coefficient (Wildman–Crippen LogP) is 6.50. The van der Waals surface area contributed by atoms with Gasteiger partial charge in [-0.25, -0.2) is 4.79 Å². The van der Waals surface area contributed by atoms with E-state index < -0.39 is 0 Å². The lowest BCUT2D eigenvalue weighted by molar-refractivity contribution is 0.0602. The standard InChI is InChI=1S/C24H34N2O2S2/c1-4-6-11-15-26(16-12-7-5-2)24(29)25-22-21(23(27)28-3)18-20(30-22)17-19-13-9-8-10-14-19/h8-10,13-14,18H,4-7,11-12,15-17H2,1-3H3,(H,25,29). The average molecular weight is 447 g/mol. The van der Waals surface area contributed by atoms with Crippen molar-refractivity contribution >= 4 is 39.6 Å². The number of hydrogen-bond donors (Lipinski definition) is 1. The van der Waals surface area contributed by atoms with Crippen molar-refractivity contribution in [2.24, 2.45) is 0 Å². The highest BCUT2D eigenvalue weighted by atomic mass is 32.1. The highest BCUT2D eigenvalue weighted by Gasteiger charge is 2.19. The second kappa shape index (κ2) is 13.4. The van der Waals surface area contributed by atoms with E-state index in [1.165, 1.54) is 38.4 Å². The van der Waals surface area contributed by atoms with Gasteiger partial charge in [0.05, 0.1) is 12.7 Å². The Morgan fingerprint density at radius 2 is 1.70 bits per heavy atom. The first-order valence-electron chi connectivity index (χ1n) is 10.9. The van der Waals surface area contributed by atoms with Crippen molar-refractivity contribution in [2.45, 2.75) is 58.8 Å². The zero-order chi connectivity index (χ0) is 21.8. The van der Waals surface area contributed by atoms with Crippen LogP contribution < -0.4 is 5.32 Å². The molecule has 0 bridgehead atoms. The van der Waals surface area contributed by atoms with Gasteiger partial charge in [0.2, 0.25) is 0 Å². The summed E-state index contributed by atoms with van der Waals surface area (Å²) in [5.41, 5.74) is 1.77. The molecule has 0 radical (unpaired) electrons. The summed E-state index contributed by atoms with van der Waals surface area (Å²) in [7, 11) is 1.42. The van der Waals surface area contributed by atoms with Crippen LogP contribution >= 0.6 is 23.6 Å². The van der Waals surface area contributed by atoms with Gasteiger partial charge < -0.3 is 15.0 Å². The van der Waals surface area contributed by atoms with Crippen LogP contribution in [0.5, 0.6) is 0 Å². The minimum atomic E-state index is -0.334. The lowest BCUT2D eigenvalue weighted by atomic mass is 10.1. The molecule has 0 atom stereocenters. The molecule has 0 aliphatic heterocycles. The molecule has 1 aromatic heterocycles. The van der Waals surface area contributed by atoms with Crippen LogP contribution in [0.15, 0.2) is 36.4 Å². The lowest BCUT2D eigenvalue weighted by Gasteiger charge is -2.26. The SMILES string of the molecule is CCCCCN(CCCCC)C(=S)Nc1sc(Cc2ccccc2)cc1C(=O)OC. The van der Waals surface area contributed by atoms with E-state index in [1.54, 1.807) is 11.3 Å². The number of carbonyl (C=O) groups is 1. The van der Waals surface area contributed by atoms with Gasteiger partial charge in [-0.2, -0.15) is 0 Å². The topological polar surface area (TPSA) is 41.6 Å². The molecule has 0 unspecified atom stereocenters. The summed E-state index contributed by atoms with van der Waals surface area (Å²) in [6.45, 7) is 6.31. The molecule has 2 aromatic rings. The summed E-state index contributed by atoms with van der Waals surface area (Å²) in [4.78, 5) is 15.7. The molecule has 0 aliphatic carbocycles. The summed E-state index contributed by atoms with van der Waals surface area (Å²) in [5, 5.41) is 4.83. The van der Waals surface area contributed by atoms with E-state index in [4.69, 9.17) is 17.0 Å². The summed E-state index contributed by atoms with van der Waals surface area (Å²) >= 11 is 7.32. The molecular weight excluding hydrogens is 412 g/mol. The molecule has 164 valence electrons. The summed E-state index contributed by atoms with van der Waals surface area (Å²) in [5.74, 6) is -0.334. The van der Waals surface area contributed by atoms with Crippen molar-refractivity contribution in [3.05, 3.63) is 52.4 Å². The summed E-state index contributed by atoms with van der Waals surface area (Å²) in [6, 6.07) is 12.2. The van der Waals surface area contributed by atoms with Gasteiger partial charge in [0.1, 0.15) is 5.00 Å². The van der Waals surface area contributed by atoms with Crippen molar-refractivity contribution in [1.29, 1.82) is 0 Å². The zero-order valence-corrected chi connectivity index (χ0v) is 20.0. The fraction of sp³-hybridized carbons (Fsp3) is 0.500. The molecule has 6 heteroatoms. The Labute approximate surface area is 190 Å². The van der Waals surface area contributed by atoms with E-state index >= 15 is 0 Å². The van der Waals surface area contributed by atoms with Gasteiger partial charge in [0, 0.05) is 24.4 Å². The Bertz CT molecular complexity index is 780. The highest BCUT2D eigenvalue weighted by molar-refractivity contribution is 7.80. The number of nitrogens with zero attached hydrogens (tertiary/aromatic N) is 1. The Morgan fingerprint density at radius 3 is 2.27 bits per heavy atom. The van der Waals surface area contributed by atoms with E-state index in [1.807, 2.05) is 24.3 Å². The molecule has 0 spiro atoms. The molecule has 0 amide bonds. The summed E-state index contributed by atoms with van der Waals surface area (Å²) < 4.78 is 5.01. The number of ether oxygens (including phenoxy) is 1.